The van der Waals surface area contributed by atoms with E-state index >= 15 is 0 Å². The van der Waals surface area contributed by atoms with Crippen molar-refractivity contribution in [1.82, 2.24) is 15.0 Å². The summed E-state index contributed by atoms with van der Waals surface area (Å²) in [5.74, 6) is 2.05. The zero-order valence-electron chi connectivity index (χ0n) is 19.8. The molecule has 0 aliphatic rings. The Kier molecular flexibility index (Phi) is 5.95. The van der Waals surface area contributed by atoms with Gasteiger partial charge in [-0.2, -0.15) is 0 Å². The topological polar surface area (TPSA) is 115 Å². The van der Waals surface area contributed by atoms with Crippen LogP contribution in [0.15, 0.2) is 71.7 Å². The fourth-order valence-corrected chi connectivity index (χ4v) is 4.00. The summed E-state index contributed by atoms with van der Waals surface area (Å²) < 4.78 is 17.0. The largest absolute Gasteiger partial charge is 0.493 e. The summed E-state index contributed by atoms with van der Waals surface area (Å²) >= 11 is 0. The Hall–Kier alpha value is -4.92. The minimum absolute atomic E-state index is 0.0959. The van der Waals surface area contributed by atoms with Crippen LogP contribution in [0.3, 0.4) is 0 Å². The smallest absolute Gasteiger partial charge is 0.258 e. The van der Waals surface area contributed by atoms with E-state index in [0.29, 0.717) is 39.8 Å². The van der Waals surface area contributed by atoms with Crippen LogP contribution in [-0.2, 0) is 0 Å². The van der Waals surface area contributed by atoms with Gasteiger partial charge in [0.2, 0.25) is 5.95 Å². The van der Waals surface area contributed by atoms with Crippen LogP contribution in [-0.4, -0.2) is 35.1 Å². The van der Waals surface area contributed by atoms with Crippen molar-refractivity contribution >= 4 is 33.5 Å². The maximum absolute atomic E-state index is 13.0. The number of pyridine rings is 1. The number of amides is 1. The zero-order chi connectivity index (χ0) is 25.2. The van der Waals surface area contributed by atoms with Crippen LogP contribution in [0.5, 0.6) is 23.0 Å². The molecule has 0 aliphatic carbocycles. The van der Waals surface area contributed by atoms with Gasteiger partial charge < -0.3 is 14.2 Å². The number of hydrogen-bond donors (Lipinski definition) is 2. The number of hydrogen-bond acceptors (Lipinski definition) is 7. The number of carbonyl (C=O) groups excluding carboxylic acids is 1. The van der Waals surface area contributed by atoms with Crippen LogP contribution in [0, 0.1) is 6.92 Å². The molecule has 36 heavy (non-hydrogen) atoms. The first-order valence-electron chi connectivity index (χ1n) is 11.1. The molecule has 2 aromatic heterocycles. The Morgan fingerprint density at radius 2 is 1.72 bits per heavy atom. The van der Waals surface area contributed by atoms with Gasteiger partial charge in [-0.05, 0) is 54.1 Å². The summed E-state index contributed by atoms with van der Waals surface area (Å²) in [4.78, 5) is 35.7. The Bertz CT molecular complexity index is 1680. The predicted molar refractivity (Wildman–Crippen MR) is 136 cm³/mol. The summed E-state index contributed by atoms with van der Waals surface area (Å²) in [6.45, 7) is 1.68. The Morgan fingerprint density at radius 3 is 2.50 bits per heavy atom. The number of H-pyrrole nitrogens is 1. The molecule has 0 unspecified atom stereocenters. The normalized spacial score (nSPS) is 10.9. The molecule has 180 valence electrons. The van der Waals surface area contributed by atoms with Crippen molar-refractivity contribution in [3.05, 3.63) is 88.5 Å². The van der Waals surface area contributed by atoms with Gasteiger partial charge in [-0.3, -0.25) is 24.9 Å². The van der Waals surface area contributed by atoms with E-state index in [1.165, 1.54) is 6.07 Å². The molecule has 0 bridgehead atoms. The molecule has 0 aliphatic heterocycles. The second-order valence-corrected chi connectivity index (χ2v) is 8.01. The lowest BCUT2D eigenvalue weighted by atomic mass is 10.0. The first kappa shape index (κ1) is 22.9. The third-order valence-electron chi connectivity index (χ3n) is 5.63. The number of nitrogens with zero attached hydrogens (tertiary/aromatic N) is 2. The Morgan fingerprint density at radius 1 is 0.917 bits per heavy atom. The van der Waals surface area contributed by atoms with Crippen LogP contribution >= 0.6 is 0 Å². The standard InChI is InChI=1S/C27H22N4O5/c1-15-11-25(32)30-27(29-15)31-26(33)19-6-4-5-16-12-17(7-8-18(16)19)36-22-9-10-28-21-14-24(35-3)23(34-2)13-20(21)22/h4-14H,1-3H3,(H2,29,30,31,32,33). The van der Waals surface area contributed by atoms with Crippen molar-refractivity contribution in [3.63, 3.8) is 0 Å². The minimum atomic E-state index is -0.385. The molecule has 2 heterocycles. The van der Waals surface area contributed by atoms with Gasteiger partial charge in [0.15, 0.2) is 11.5 Å². The van der Waals surface area contributed by atoms with Crippen LogP contribution < -0.4 is 25.1 Å². The number of carbonyl (C=O) groups is 1. The zero-order valence-corrected chi connectivity index (χ0v) is 19.8. The van der Waals surface area contributed by atoms with E-state index in [1.54, 1.807) is 57.7 Å². The van der Waals surface area contributed by atoms with Crippen LogP contribution in [0.2, 0.25) is 0 Å². The average Bonchev–Trinajstić information content (AvgIpc) is 2.87. The first-order chi connectivity index (χ1) is 17.4. The highest BCUT2D eigenvalue weighted by Crippen LogP contribution is 2.37. The number of ether oxygens (including phenoxy) is 3. The number of rotatable bonds is 6. The molecule has 5 rings (SSSR count). The molecule has 0 atom stereocenters. The molecule has 5 aromatic rings. The third-order valence-corrected chi connectivity index (χ3v) is 5.63. The maximum Gasteiger partial charge on any atom is 0.258 e. The number of fused-ring (bicyclic) bond motifs is 2. The Balaban J connectivity index is 1.47. The molecular weight excluding hydrogens is 460 g/mol. The van der Waals surface area contributed by atoms with E-state index < -0.39 is 0 Å². The Labute approximate surface area is 205 Å². The van der Waals surface area contributed by atoms with Gasteiger partial charge in [0.05, 0.1) is 19.7 Å². The van der Waals surface area contributed by atoms with E-state index in [9.17, 15) is 9.59 Å². The molecule has 0 saturated heterocycles. The van der Waals surface area contributed by atoms with Crippen molar-refractivity contribution in [2.45, 2.75) is 6.92 Å². The van der Waals surface area contributed by atoms with Gasteiger partial charge in [-0.25, -0.2) is 4.98 Å². The molecule has 9 nitrogen and oxygen atoms in total. The van der Waals surface area contributed by atoms with Crippen molar-refractivity contribution < 1.29 is 19.0 Å². The van der Waals surface area contributed by atoms with E-state index in [4.69, 9.17) is 14.2 Å². The lowest BCUT2D eigenvalue weighted by Gasteiger charge is -2.13. The maximum atomic E-state index is 13.0. The fourth-order valence-electron chi connectivity index (χ4n) is 4.00. The van der Waals surface area contributed by atoms with Crippen molar-refractivity contribution in [1.29, 1.82) is 0 Å². The molecule has 0 spiro atoms. The van der Waals surface area contributed by atoms with Crippen LogP contribution in [0.1, 0.15) is 16.1 Å². The number of aryl methyl sites for hydroxylation is 1. The van der Waals surface area contributed by atoms with Gasteiger partial charge in [-0.15, -0.1) is 0 Å². The van der Waals surface area contributed by atoms with E-state index in [-0.39, 0.29) is 17.4 Å². The second kappa shape index (κ2) is 9.38. The van der Waals surface area contributed by atoms with Crippen molar-refractivity contribution in [2.75, 3.05) is 19.5 Å². The number of nitrogens with one attached hydrogen (secondary N) is 2. The number of anilines is 1. The lowest BCUT2D eigenvalue weighted by molar-refractivity contribution is 0.102. The van der Waals surface area contributed by atoms with Crippen molar-refractivity contribution in [3.8, 4) is 23.0 Å². The molecule has 9 heteroatoms. The number of methoxy groups -OCH3 is 2. The van der Waals surface area contributed by atoms with Gasteiger partial charge in [-0.1, -0.05) is 12.1 Å². The van der Waals surface area contributed by atoms with Crippen molar-refractivity contribution in [2.24, 2.45) is 0 Å². The van der Waals surface area contributed by atoms with Crippen LogP contribution in [0.25, 0.3) is 21.7 Å². The lowest BCUT2D eigenvalue weighted by Crippen LogP contribution is -2.18. The molecule has 1 amide bonds. The van der Waals surface area contributed by atoms with E-state index in [0.717, 1.165) is 16.2 Å². The van der Waals surface area contributed by atoms with Gasteiger partial charge in [0, 0.05) is 35.0 Å². The SMILES string of the molecule is COc1cc2nccc(Oc3ccc4c(C(=O)Nc5nc(C)cc(=O)[nH]5)cccc4c3)c2cc1OC. The molecule has 2 N–H and O–H groups in total. The number of aromatic amines is 1. The van der Waals surface area contributed by atoms with E-state index in [1.807, 2.05) is 24.3 Å². The van der Waals surface area contributed by atoms with Gasteiger partial charge in [0.1, 0.15) is 11.5 Å². The predicted octanol–water partition coefficient (Wildman–Crippen LogP) is 4.84. The molecular formula is C27H22N4O5. The van der Waals surface area contributed by atoms with Gasteiger partial charge in [0.25, 0.3) is 11.5 Å². The highest BCUT2D eigenvalue weighted by atomic mass is 16.5. The number of benzene rings is 3. The highest BCUT2D eigenvalue weighted by Gasteiger charge is 2.14. The summed E-state index contributed by atoms with van der Waals surface area (Å²) in [6.07, 6.45) is 1.66. The minimum Gasteiger partial charge on any atom is -0.493 e. The van der Waals surface area contributed by atoms with Crippen LogP contribution in [0.4, 0.5) is 5.95 Å². The number of aromatic nitrogens is 3. The molecule has 0 fully saturated rings. The quantitative estimate of drug-likeness (QED) is 0.356. The summed E-state index contributed by atoms with van der Waals surface area (Å²) in [5, 5.41) is 4.96. The monoisotopic (exact) mass is 482 g/mol. The van der Waals surface area contributed by atoms with E-state index in [2.05, 4.69) is 20.3 Å². The third kappa shape index (κ3) is 4.41. The molecule has 0 radical (unpaired) electrons. The fraction of sp³-hybridized carbons (Fsp3) is 0.111. The van der Waals surface area contributed by atoms with Gasteiger partial charge >= 0.3 is 0 Å². The summed E-state index contributed by atoms with van der Waals surface area (Å²) in [7, 11) is 3.15. The molecule has 3 aromatic carbocycles. The summed E-state index contributed by atoms with van der Waals surface area (Å²) in [6, 6.07) is 17.6. The first-order valence-corrected chi connectivity index (χ1v) is 11.1. The molecule has 0 saturated carbocycles. The average molecular weight is 482 g/mol. The summed E-state index contributed by atoms with van der Waals surface area (Å²) in [5.41, 5.74) is 1.31. The highest BCUT2D eigenvalue weighted by molar-refractivity contribution is 6.12. The second-order valence-electron chi connectivity index (χ2n) is 8.01.